The van der Waals surface area contributed by atoms with Crippen LogP contribution in [0.3, 0.4) is 0 Å². The second kappa shape index (κ2) is 1.22. The number of aromatic nitrogens is 2. The van der Waals surface area contributed by atoms with Gasteiger partial charge in [0.1, 0.15) is 0 Å². The lowest BCUT2D eigenvalue weighted by molar-refractivity contribution is 0.379. The normalized spacial score (nSPS) is 9.29. The maximum absolute atomic E-state index is 10.1. The smallest absolute Gasteiger partial charge is 0.295 e. The zero-order valence-electron chi connectivity index (χ0n) is 3.71. The van der Waals surface area contributed by atoms with Crippen molar-refractivity contribution in [2.45, 2.75) is 0 Å². The topological polar surface area (TPSA) is 48.0 Å². The van der Waals surface area contributed by atoms with Crippen LogP contribution in [0.25, 0.3) is 0 Å². The van der Waals surface area contributed by atoms with Gasteiger partial charge in [-0.2, -0.15) is 0 Å². The Kier molecular flexibility index (Phi) is 0.714. The minimum atomic E-state index is -0.486. The first kappa shape index (κ1) is 4.11. The molecule has 0 fully saturated rings. The molecule has 0 spiro atoms. The van der Waals surface area contributed by atoms with E-state index in [-0.39, 0.29) is 0 Å². The Balaban J connectivity index is 3.39. The quantitative estimate of drug-likeness (QED) is 0.426. The molecule has 0 bridgehead atoms. The van der Waals surface area contributed by atoms with Gasteiger partial charge < -0.3 is 0 Å². The van der Waals surface area contributed by atoms with Gasteiger partial charge in [0.25, 0.3) is 0 Å². The second-order valence-corrected chi connectivity index (χ2v) is 1.11. The van der Waals surface area contributed by atoms with Gasteiger partial charge in [-0.15, -0.1) is 0 Å². The molecule has 1 aromatic heterocycles. The predicted molar refractivity (Wildman–Crippen MR) is 20.6 cm³/mol. The van der Waals surface area contributed by atoms with Crippen molar-refractivity contribution in [1.29, 1.82) is 0 Å². The van der Waals surface area contributed by atoms with Crippen LogP contribution in [0, 0.1) is 6.33 Å². The monoisotopic (exact) mass is 99.0 g/mol. The van der Waals surface area contributed by atoms with Crippen LogP contribution < -0.4 is 5.76 Å². The molecular formula is C3H3N2O2. The highest BCUT2D eigenvalue weighted by Gasteiger charge is 1.87. The summed E-state index contributed by atoms with van der Waals surface area (Å²) in [5.74, 6) is -0.486. The summed E-state index contributed by atoms with van der Waals surface area (Å²) in [6.45, 7) is 0. The molecule has 0 aromatic carbocycles. The predicted octanol–water partition coefficient (Wildman–Crippen LogP) is -0.827. The molecule has 0 saturated carbocycles. The molecule has 1 aromatic rings. The van der Waals surface area contributed by atoms with Crippen LogP contribution in [0.15, 0.2) is 9.32 Å². The lowest BCUT2D eigenvalue weighted by Crippen LogP contribution is -2.07. The standard InChI is InChI=1S/C3H3N2O2/c1-5-2-4-7-3(5)6/h1H3. The minimum absolute atomic E-state index is 0.486. The van der Waals surface area contributed by atoms with Crippen LogP contribution in [0.5, 0.6) is 0 Å². The third kappa shape index (κ3) is 0.534. The molecule has 7 heavy (non-hydrogen) atoms. The maximum atomic E-state index is 10.1. The van der Waals surface area contributed by atoms with E-state index in [0.717, 1.165) is 4.57 Å². The zero-order valence-corrected chi connectivity index (χ0v) is 3.71. The summed E-state index contributed by atoms with van der Waals surface area (Å²) in [7, 11) is 1.51. The average Bonchev–Trinajstić information content (AvgIpc) is 1.91. The molecule has 1 rings (SSSR count). The van der Waals surface area contributed by atoms with Gasteiger partial charge in [-0.3, -0.25) is 9.09 Å². The Hall–Kier alpha value is -1.06. The fourth-order valence-electron chi connectivity index (χ4n) is 0.223. The van der Waals surface area contributed by atoms with Gasteiger partial charge in [-0.1, -0.05) is 5.16 Å². The summed E-state index contributed by atoms with van der Waals surface area (Å²) >= 11 is 0. The van der Waals surface area contributed by atoms with Crippen LogP contribution >= 0.6 is 0 Å². The Morgan fingerprint density at radius 1 is 2.00 bits per heavy atom. The van der Waals surface area contributed by atoms with Crippen LogP contribution in [-0.4, -0.2) is 9.72 Å². The number of rotatable bonds is 0. The lowest BCUT2D eigenvalue weighted by atomic mass is 11.1. The fraction of sp³-hybridized carbons (Fsp3) is 0.333. The lowest BCUT2D eigenvalue weighted by Gasteiger charge is -1.69. The van der Waals surface area contributed by atoms with Gasteiger partial charge in [0.05, 0.1) is 0 Å². The molecule has 0 amide bonds. The minimum Gasteiger partial charge on any atom is -0.295 e. The van der Waals surface area contributed by atoms with Crippen molar-refractivity contribution < 1.29 is 4.52 Å². The molecule has 37 valence electrons. The third-order valence-corrected chi connectivity index (χ3v) is 0.588. The maximum Gasteiger partial charge on any atom is 0.441 e. The second-order valence-electron chi connectivity index (χ2n) is 1.11. The SMILES string of the molecule is Cn1[c]noc1=O. The van der Waals surface area contributed by atoms with Crippen LogP contribution in [0.2, 0.25) is 0 Å². The third-order valence-electron chi connectivity index (χ3n) is 0.588. The Morgan fingerprint density at radius 3 is 2.86 bits per heavy atom. The highest BCUT2D eigenvalue weighted by Crippen LogP contribution is 1.61. The van der Waals surface area contributed by atoms with E-state index in [9.17, 15) is 4.79 Å². The number of nitrogens with zero attached hydrogens (tertiary/aromatic N) is 2. The van der Waals surface area contributed by atoms with Gasteiger partial charge in [0.15, 0.2) is 0 Å². The van der Waals surface area contributed by atoms with E-state index < -0.39 is 5.76 Å². The summed E-state index contributed by atoms with van der Waals surface area (Å²) in [5, 5.41) is 3.07. The molecule has 0 aliphatic heterocycles. The van der Waals surface area contributed by atoms with E-state index in [1.165, 1.54) is 7.05 Å². The van der Waals surface area contributed by atoms with Gasteiger partial charge in [-0.25, -0.2) is 4.79 Å². The Bertz CT molecular complexity index is 199. The van der Waals surface area contributed by atoms with E-state index in [2.05, 4.69) is 16.0 Å². The van der Waals surface area contributed by atoms with Crippen molar-refractivity contribution in [1.82, 2.24) is 9.72 Å². The zero-order chi connectivity index (χ0) is 5.28. The molecular weight excluding hydrogens is 96.0 g/mol. The van der Waals surface area contributed by atoms with Crippen molar-refractivity contribution >= 4 is 0 Å². The van der Waals surface area contributed by atoms with Crippen molar-refractivity contribution in [3.8, 4) is 0 Å². The Morgan fingerprint density at radius 2 is 2.71 bits per heavy atom. The first-order valence-electron chi connectivity index (χ1n) is 1.71. The van der Waals surface area contributed by atoms with E-state index in [0.29, 0.717) is 0 Å². The van der Waals surface area contributed by atoms with E-state index in [4.69, 9.17) is 0 Å². The van der Waals surface area contributed by atoms with Crippen LogP contribution in [0.4, 0.5) is 0 Å². The summed E-state index contributed by atoms with van der Waals surface area (Å²) in [6, 6.07) is 0. The van der Waals surface area contributed by atoms with E-state index in [1.54, 1.807) is 0 Å². The van der Waals surface area contributed by atoms with Crippen molar-refractivity contribution in [3.05, 3.63) is 16.9 Å². The Labute approximate surface area is 39.4 Å². The molecule has 0 atom stereocenters. The van der Waals surface area contributed by atoms with E-state index in [1.807, 2.05) is 0 Å². The van der Waals surface area contributed by atoms with E-state index >= 15 is 0 Å². The summed E-state index contributed by atoms with van der Waals surface area (Å²) in [4.78, 5) is 10.1. The van der Waals surface area contributed by atoms with Crippen molar-refractivity contribution in [2.24, 2.45) is 7.05 Å². The molecule has 0 N–H and O–H groups in total. The first-order valence-corrected chi connectivity index (χ1v) is 1.71. The highest BCUT2D eigenvalue weighted by molar-refractivity contribution is 4.48. The number of aryl methyl sites for hydroxylation is 1. The summed E-state index contributed by atoms with van der Waals surface area (Å²) in [5.41, 5.74) is 0. The van der Waals surface area contributed by atoms with Crippen LogP contribution in [0.1, 0.15) is 0 Å². The highest BCUT2D eigenvalue weighted by atomic mass is 16.5. The largest absolute Gasteiger partial charge is 0.441 e. The molecule has 0 unspecified atom stereocenters. The van der Waals surface area contributed by atoms with Gasteiger partial charge in [0, 0.05) is 7.05 Å². The van der Waals surface area contributed by atoms with Gasteiger partial charge in [-0.05, 0) is 0 Å². The first-order chi connectivity index (χ1) is 3.30. The molecule has 4 nitrogen and oxygen atoms in total. The van der Waals surface area contributed by atoms with Crippen molar-refractivity contribution in [3.63, 3.8) is 0 Å². The molecule has 0 aliphatic carbocycles. The average molecular weight is 99.1 g/mol. The van der Waals surface area contributed by atoms with Crippen molar-refractivity contribution in [2.75, 3.05) is 0 Å². The molecule has 1 radical (unpaired) electrons. The summed E-state index contributed by atoms with van der Waals surface area (Å²) in [6.07, 6.45) is 2.26. The molecule has 0 saturated heterocycles. The number of hydrogen-bond acceptors (Lipinski definition) is 3. The molecule has 4 heteroatoms. The molecule has 0 aliphatic rings. The fourth-order valence-corrected chi connectivity index (χ4v) is 0.223. The molecule has 1 heterocycles. The summed E-state index contributed by atoms with van der Waals surface area (Å²) < 4.78 is 5.19. The number of hydrogen-bond donors (Lipinski definition) is 0. The van der Waals surface area contributed by atoms with Gasteiger partial charge >= 0.3 is 5.76 Å². The van der Waals surface area contributed by atoms with Crippen LogP contribution in [-0.2, 0) is 7.05 Å². The van der Waals surface area contributed by atoms with Gasteiger partial charge in [0.2, 0.25) is 6.33 Å².